The normalized spacial score (nSPS) is 16.2. The van der Waals surface area contributed by atoms with Crippen LogP contribution in [0.15, 0.2) is 42.5 Å². The van der Waals surface area contributed by atoms with Crippen molar-refractivity contribution in [3.63, 3.8) is 0 Å². The lowest BCUT2D eigenvalue weighted by Crippen LogP contribution is -2.38. The Hall–Kier alpha value is -3.24. The Morgan fingerprint density at radius 1 is 1.24 bits per heavy atom. The molecule has 1 aliphatic rings. The highest BCUT2D eigenvalue weighted by Crippen LogP contribution is 2.34. The number of anilines is 1. The zero-order valence-electron chi connectivity index (χ0n) is 19.7. The van der Waals surface area contributed by atoms with Crippen LogP contribution in [-0.4, -0.2) is 39.5 Å². The van der Waals surface area contributed by atoms with Crippen molar-refractivity contribution in [1.29, 1.82) is 5.26 Å². The molecule has 176 valence electrons. The van der Waals surface area contributed by atoms with E-state index in [2.05, 4.69) is 11.0 Å². The van der Waals surface area contributed by atoms with Crippen LogP contribution < -0.4 is 20.1 Å². The molecule has 1 fully saturated rings. The van der Waals surface area contributed by atoms with Gasteiger partial charge in [-0.15, -0.1) is 0 Å². The molecule has 1 amide bonds. The Morgan fingerprint density at radius 2 is 2.06 bits per heavy atom. The number of methoxy groups -OCH3 is 1. The Balaban J connectivity index is 1.65. The molecule has 1 aliphatic heterocycles. The van der Waals surface area contributed by atoms with E-state index in [-0.39, 0.29) is 11.3 Å². The van der Waals surface area contributed by atoms with Crippen LogP contribution in [0.5, 0.6) is 11.5 Å². The average molecular weight is 452 g/mol. The van der Waals surface area contributed by atoms with Crippen LogP contribution in [-0.2, 0) is 4.74 Å². The molecule has 0 aromatic heterocycles. The number of primary amides is 1. The molecule has 7 nitrogen and oxygen atoms in total. The zero-order chi connectivity index (χ0) is 23.8. The van der Waals surface area contributed by atoms with Gasteiger partial charge in [0.25, 0.3) is 0 Å². The van der Waals surface area contributed by atoms with Gasteiger partial charge in [0.05, 0.1) is 31.8 Å². The first-order valence-electron chi connectivity index (χ1n) is 11.3. The van der Waals surface area contributed by atoms with E-state index in [0.717, 1.165) is 37.1 Å². The van der Waals surface area contributed by atoms with E-state index in [1.807, 2.05) is 44.2 Å². The highest BCUT2D eigenvalue weighted by atomic mass is 16.5. The van der Waals surface area contributed by atoms with E-state index >= 15 is 0 Å². The number of nitrogens with zero attached hydrogens (tertiary/aromatic N) is 2. The number of carbonyl (C=O) groups is 1. The van der Waals surface area contributed by atoms with Gasteiger partial charge >= 0.3 is 0 Å². The van der Waals surface area contributed by atoms with Gasteiger partial charge in [-0.3, -0.25) is 4.79 Å². The summed E-state index contributed by atoms with van der Waals surface area (Å²) in [5.74, 6) is 1.10. The molecule has 7 heteroatoms. The van der Waals surface area contributed by atoms with Crippen molar-refractivity contribution < 1.29 is 19.0 Å². The van der Waals surface area contributed by atoms with Gasteiger partial charge in [-0.25, -0.2) is 0 Å². The van der Waals surface area contributed by atoms with Crippen LogP contribution >= 0.6 is 0 Å². The van der Waals surface area contributed by atoms with Gasteiger partial charge in [0.2, 0.25) is 5.91 Å². The number of unbranched alkanes of at least 4 members (excludes halogenated alkanes) is 1. The third-order valence-electron chi connectivity index (χ3n) is 5.92. The molecule has 33 heavy (non-hydrogen) atoms. The summed E-state index contributed by atoms with van der Waals surface area (Å²) in [5.41, 5.74) is 7.62. The second-order valence-electron chi connectivity index (χ2n) is 9.05. The van der Waals surface area contributed by atoms with Gasteiger partial charge in [-0.2, -0.15) is 5.26 Å². The Morgan fingerprint density at radius 3 is 2.79 bits per heavy atom. The van der Waals surface area contributed by atoms with E-state index in [9.17, 15) is 4.79 Å². The van der Waals surface area contributed by atoms with Gasteiger partial charge in [-0.1, -0.05) is 12.1 Å². The largest absolute Gasteiger partial charge is 0.493 e. The Labute approximate surface area is 196 Å². The fourth-order valence-electron chi connectivity index (χ4n) is 3.88. The average Bonchev–Trinajstić information content (AvgIpc) is 2.83. The quantitative estimate of drug-likeness (QED) is 0.535. The van der Waals surface area contributed by atoms with Crippen LogP contribution in [0.25, 0.3) is 0 Å². The molecular formula is C26H33N3O4. The maximum absolute atomic E-state index is 11.5. The summed E-state index contributed by atoms with van der Waals surface area (Å²) < 4.78 is 17.4. The minimum Gasteiger partial charge on any atom is -0.493 e. The number of rotatable bonds is 10. The molecule has 2 N–H and O–H groups in total. The van der Waals surface area contributed by atoms with Crippen LogP contribution in [0.2, 0.25) is 0 Å². The molecule has 2 aromatic carbocycles. The van der Waals surface area contributed by atoms with Gasteiger partial charge in [-0.05, 0) is 69.0 Å². The van der Waals surface area contributed by atoms with Gasteiger partial charge in [0, 0.05) is 23.7 Å². The summed E-state index contributed by atoms with van der Waals surface area (Å²) in [7, 11) is 1.63. The van der Waals surface area contributed by atoms with E-state index in [1.165, 1.54) is 0 Å². The van der Waals surface area contributed by atoms with E-state index in [0.29, 0.717) is 37.0 Å². The number of carbonyl (C=O) groups excluding carboxylic acids is 1. The van der Waals surface area contributed by atoms with Crippen molar-refractivity contribution in [2.75, 3.05) is 38.5 Å². The molecule has 1 heterocycles. The fraction of sp³-hybridized carbons (Fsp3) is 0.462. The first-order valence-corrected chi connectivity index (χ1v) is 11.3. The summed E-state index contributed by atoms with van der Waals surface area (Å²) in [4.78, 5) is 13.6. The van der Waals surface area contributed by atoms with Crippen molar-refractivity contribution in [2.24, 2.45) is 11.1 Å². The first-order chi connectivity index (χ1) is 15.8. The molecule has 3 rings (SSSR count). The summed E-state index contributed by atoms with van der Waals surface area (Å²) in [5, 5.41) is 9.15. The van der Waals surface area contributed by atoms with Crippen molar-refractivity contribution in [3.8, 4) is 17.6 Å². The van der Waals surface area contributed by atoms with Gasteiger partial charge < -0.3 is 24.8 Å². The maximum Gasteiger partial charge on any atom is 0.248 e. The molecular weight excluding hydrogens is 418 g/mol. The number of amides is 1. The van der Waals surface area contributed by atoms with E-state index < -0.39 is 5.91 Å². The van der Waals surface area contributed by atoms with Crippen molar-refractivity contribution >= 4 is 11.6 Å². The number of ether oxygens (including phenoxy) is 3. The molecule has 1 atom stereocenters. The molecule has 0 radical (unpaired) electrons. The maximum atomic E-state index is 11.5. The Bertz CT molecular complexity index is 999. The predicted octanol–water partition coefficient (Wildman–Crippen LogP) is 4.47. The van der Waals surface area contributed by atoms with Crippen molar-refractivity contribution in [1.82, 2.24) is 0 Å². The lowest BCUT2D eigenvalue weighted by molar-refractivity contribution is 0.0915. The standard InChI is InChI=1S/C26H33N3O4/c1-26(2,17-27)11-4-5-12-33-24-14-19(9-10-23(24)31-3)21-15-29(18-32-16-21)22-8-6-7-20(13-22)25(28)30/h6-10,13-14,21H,4-5,11-12,15-16,18H2,1-3H3,(H2,28,30). The summed E-state index contributed by atoms with van der Waals surface area (Å²) >= 11 is 0. The monoisotopic (exact) mass is 451 g/mol. The molecule has 2 aromatic rings. The number of nitrogens with two attached hydrogens (primary N) is 1. The second kappa shape index (κ2) is 11.1. The minimum atomic E-state index is -0.445. The Kier molecular flexibility index (Phi) is 8.18. The number of hydrogen-bond donors (Lipinski definition) is 1. The van der Waals surface area contributed by atoms with Crippen LogP contribution in [0.3, 0.4) is 0 Å². The minimum absolute atomic E-state index is 0.140. The van der Waals surface area contributed by atoms with Crippen molar-refractivity contribution in [2.45, 2.75) is 39.0 Å². The van der Waals surface area contributed by atoms with E-state index in [1.54, 1.807) is 19.2 Å². The van der Waals surface area contributed by atoms with E-state index in [4.69, 9.17) is 25.2 Å². The third-order valence-corrected chi connectivity index (χ3v) is 5.92. The molecule has 1 saturated heterocycles. The van der Waals surface area contributed by atoms with Gasteiger partial charge in [0.15, 0.2) is 11.5 Å². The lowest BCUT2D eigenvalue weighted by atomic mass is 9.89. The third kappa shape index (κ3) is 6.62. The summed E-state index contributed by atoms with van der Waals surface area (Å²) in [6.07, 6.45) is 2.64. The van der Waals surface area contributed by atoms with Crippen molar-refractivity contribution in [3.05, 3.63) is 53.6 Å². The summed E-state index contributed by atoms with van der Waals surface area (Å²) in [6.45, 7) is 6.28. The topological polar surface area (TPSA) is 97.8 Å². The number of nitriles is 1. The predicted molar refractivity (Wildman–Crippen MR) is 128 cm³/mol. The van der Waals surface area contributed by atoms with Crippen LogP contribution in [0, 0.1) is 16.7 Å². The van der Waals surface area contributed by atoms with Crippen LogP contribution in [0.4, 0.5) is 5.69 Å². The fourth-order valence-corrected chi connectivity index (χ4v) is 3.88. The molecule has 0 aliphatic carbocycles. The SMILES string of the molecule is COc1ccc(C2COCN(c3cccc(C(N)=O)c3)C2)cc1OCCCCC(C)(C)C#N. The first kappa shape index (κ1) is 24.4. The smallest absolute Gasteiger partial charge is 0.248 e. The highest BCUT2D eigenvalue weighted by molar-refractivity contribution is 5.93. The number of benzene rings is 2. The molecule has 0 saturated carbocycles. The zero-order valence-corrected chi connectivity index (χ0v) is 19.7. The van der Waals surface area contributed by atoms with Gasteiger partial charge in [0.1, 0.15) is 6.73 Å². The molecule has 0 bridgehead atoms. The lowest BCUT2D eigenvalue weighted by Gasteiger charge is -2.34. The molecule has 0 spiro atoms. The second-order valence-corrected chi connectivity index (χ2v) is 9.05. The molecule has 1 unspecified atom stereocenters. The summed E-state index contributed by atoms with van der Waals surface area (Å²) in [6, 6.07) is 15.6. The number of hydrogen-bond acceptors (Lipinski definition) is 6. The highest BCUT2D eigenvalue weighted by Gasteiger charge is 2.24. The van der Waals surface area contributed by atoms with Crippen LogP contribution in [0.1, 0.15) is 54.9 Å².